The van der Waals surface area contributed by atoms with Gasteiger partial charge in [0.25, 0.3) is 11.6 Å². The minimum Gasteiger partial charge on any atom is -0.497 e. The summed E-state index contributed by atoms with van der Waals surface area (Å²) in [5.74, 6) is 0.188. The zero-order valence-electron chi connectivity index (χ0n) is 22.6. The van der Waals surface area contributed by atoms with E-state index in [1.807, 2.05) is 6.92 Å². The lowest BCUT2D eigenvalue weighted by molar-refractivity contribution is -0.385. The highest BCUT2D eigenvalue weighted by atomic mass is 32.2. The van der Waals surface area contributed by atoms with Gasteiger partial charge in [0.15, 0.2) is 5.69 Å². The number of rotatable bonds is 10. The highest BCUT2D eigenvalue weighted by molar-refractivity contribution is 7.89. The fraction of sp³-hybridized carbons (Fsp3) is 0.385. The third kappa shape index (κ3) is 6.08. The van der Waals surface area contributed by atoms with E-state index in [1.165, 1.54) is 17.9 Å². The molecule has 1 atom stereocenters. The molecule has 214 valence electrons. The number of hydrogen-bond donors (Lipinski definition) is 1. The Kier molecular flexibility index (Phi) is 8.71. The zero-order chi connectivity index (χ0) is 29.0. The molecule has 4 rings (SSSR count). The number of carbonyl (C=O) groups is 1. The monoisotopic (exact) mass is 573 g/mol. The van der Waals surface area contributed by atoms with Gasteiger partial charge in [0.2, 0.25) is 15.9 Å². The van der Waals surface area contributed by atoms with Crippen molar-refractivity contribution in [3.63, 3.8) is 0 Å². The van der Waals surface area contributed by atoms with E-state index in [-0.39, 0.29) is 23.2 Å². The lowest BCUT2D eigenvalue weighted by Crippen LogP contribution is -2.41. The van der Waals surface area contributed by atoms with E-state index in [0.29, 0.717) is 49.7 Å². The largest absolute Gasteiger partial charge is 0.497 e. The van der Waals surface area contributed by atoms with Gasteiger partial charge in [0, 0.05) is 36.8 Å². The van der Waals surface area contributed by atoms with Crippen molar-refractivity contribution in [2.24, 2.45) is 0 Å². The van der Waals surface area contributed by atoms with Gasteiger partial charge in [-0.25, -0.2) is 13.1 Å². The van der Waals surface area contributed by atoms with Gasteiger partial charge in [0.05, 0.1) is 30.9 Å². The third-order valence-corrected chi connectivity index (χ3v) is 8.10. The minimum absolute atomic E-state index is 0.0793. The number of hydrogen-bond acceptors (Lipinski definition) is 9. The van der Waals surface area contributed by atoms with Crippen LogP contribution in [0.25, 0.3) is 5.69 Å². The Bertz CT molecular complexity index is 1500. The molecule has 2 heterocycles. The summed E-state index contributed by atoms with van der Waals surface area (Å²) in [4.78, 5) is 25.4. The highest BCUT2D eigenvalue weighted by Gasteiger charge is 2.30. The Morgan fingerprint density at radius 1 is 1.20 bits per heavy atom. The molecular formula is C26H31N5O8S. The van der Waals surface area contributed by atoms with Crippen LogP contribution >= 0.6 is 0 Å². The first kappa shape index (κ1) is 29.0. The van der Waals surface area contributed by atoms with Crippen LogP contribution in [0, 0.1) is 17.0 Å². The number of carbonyl (C=O) groups excluding carboxylic acids is 1. The fourth-order valence-electron chi connectivity index (χ4n) is 4.04. The Morgan fingerprint density at radius 2 is 1.88 bits per heavy atom. The fourth-order valence-corrected chi connectivity index (χ4v) is 5.51. The maximum Gasteiger partial charge on any atom is 0.274 e. The van der Waals surface area contributed by atoms with Crippen molar-refractivity contribution in [3.05, 3.63) is 63.8 Å². The minimum atomic E-state index is -4.22. The number of ether oxygens (including phenoxy) is 3. The molecule has 1 amide bonds. The normalized spacial score (nSPS) is 14.6. The van der Waals surface area contributed by atoms with E-state index in [9.17, 15) is 23.3 Å². The summed E-state index contributed by atoms with van der Waals surface area (Å²) in [5.41, 5.74) is 0.588. The second-order valence-corrected chi connectivity index (χ2v) is 10.9. The molecule has 1 unspecified atom stereocenters. The predicted molar refractivity (Wildman–Crippen MR) is 145 cm³/mol. The number of sulfonamides is 1. The number of nitrogens with one attached hydrogen (secondary N) is 1. The molecule has 1 saturated heterocycles. The van der Waals surface area contributed by atoms with E-state index in [0.717, 1.165) is 12.1 Å². The Morgan fingerprint density at radius 3 is 2.48 bits per heavy atom. The average molecular weight is 574 g/mol. The summed E-state index contributed by atoms with van der Waals surface area (Å²) in [5, 5.41) is 16.0. The van der Waals surface area contributed by atoms with Crippen LogP contribution in [0.4, 0.5) is 5.69 Å². The Hall–Kier alpha value is -4.01. The van der Waals surface area contributed by atoms with Crippen molar-refractivity contribution >= 4 is 21.6 Å². The van der Waals surface area contributed by atoms with Crippen molar-refractivity contribution < 1.29 is 32.3 Å². The summed E-state index contributed by atoms with van der Waals surface area (Å²) in [7, 11) is -2.69. The number of morpholine rings is 1. The predicted octanol–water partition coefficient (Wildman–Crippen LogP) is 3.44. The number of nitro benzene ring substituents is 1. The van der Waals surface area contributed by atoms with E-state index in [2.05, 4.69) is 9.82 Å². The summed E-state index contributed by atoms with van der Waals surface area (Å²) in [6, 6.07) is 9.72. The number of amides is 1. The van der Waals surface area contributed by atoms with Crippen molar-refractivity contribution in [2.45, 2.75) is 38.1 Å². The Balaban J connectivity index is 1.85. The molecule has 0 aliphatic carbocycles. The first-order valence-corrected chi connectivity index (χ1v) is 14.1. The van der Waals surface area contributed by atoms with Crippen LogP contribution in [-0.4, -0.2) is 73.4 Å². The van der Waals surface area contributed by atoms with E-state index in [1.54, 1.807) is 43.0 Å². The van der Waals surface area contributed by atoms with E-state index in [4.69, 9.17) is 14.2 Å². The zero-order valence-corrected chi connectivity index (χ0v) is 23.4. The number of benzene rings is 2. The molecule has 13 nitrogen and oxygen atoms in total. The lowest BCUT2D eigenvalue weighted by atomic mass is 10.2. The van der Waals surface area contributed by atoms with Gasteiger partial charge in [-0.1, -0.05) is 6.92 Å². The quantitative estimate of drug-likeness (QED) is 0.284. The molecular weight excluding hydrogens is 542 g/mol. The molecule has 40 heavy (non-hydrogen) atoms. The highest BCUT2D eigenvalue weighted by Crippen LogP contribution is 2.36. The standard InChI is InChI=1S/C26H31N5O8S/c1-5-17(2)28-40(35,36)23-16-20(31(33)34)8-11-22(23)39-26-18(3)24(25(32)29-12-14-38-15-13-29)27-30(26)19-6-9-21(37-4)10-7-19/h6-11,16-17,28H,5,12-15H2,1-4H3. The molecule has 3 aromatic rings. The molecule has 0 bridgehead atoms. The van der Waals surface area contributed by atoms with E-state index < -0.39 is 31.6 Å². The molecule has 0 radical (unpaired) electrons. The van der Waals surface area contributed by atoms with Crippen LogP contribution in [0.5, 0.6) is 17.4 Å². The van der Waals surface area contributed by atoms with Gasteiger partial charge in [-0.2, -0.15) is 9.78 Å². The van der Waals surface area contributed by atoms with Crippen molar-refractivity contribution in [3.8, 4) is 23.1 Å². The second-order valence-electron chi connectivity index (χ2n) is 9.21. The molecule has 0 spiro atoms. The van der Waals surface area contributed by atoms with Gasteiger partial charge in [-0.3, -0.25) is 14.9 Å². The first-order chi connectivity index (χ1) is 19.1. The maximum absolute atomic E-state index is 13.4. The lowest BCUT2D eigenvalue weighted by Gasteiger charge is -2.26. The number of non-ortho nitro benzene ring substituents is 1. The number of methoxy groups -OCH3 is 1. The maximum atomic E-state index is 13.4. The van der Waals surface area contributed by atoms with Crippen molar-refractivity contribution in [1.29, 1.82) is 0 Å². The molecule has 1 N–H and O–H groups in total. The number of nitrogens with zero attached hydrogens (tertiary/aromatic N) is 4. The van der Waals surface area contributed by atoms with Crippen LogP contribution in [-0.2, 0) is 14.8 Å². The topological polar surface area (TPSA) is 155 Å². The van der Waals surface area contributed by atoms with Crippen molar-refractivity contribution in [2.75, 3.05) is 33.4 Å². The summed E-state index contributed by atoms with van der Waals surface area (Å²) < 4.78 is 47.3. The van der Waals surface area contributed by atoms with Crippen LogP contribution in [0.1, 0.15) is 36.3 Å². The molecule has 0 saturated carbocycles. The van der Waals surface area contributed by atoms with Gasteiger partial charge in [0.1, 0.15) is 16.4 Å². The van der Waals surface area contributed by atoms with E-state index >= 15 is 0 Å². The van der Waals surface area contributed by atoms with Crippen molar-refractivity contribution in [1.82, 2.24) is 19.4 Å². The summed E-state index contributed by atoms with van der Waals surface area (Å²) in [6.45, 7) is 6.74. The number of aromatic nitrogens is 2. The Labute approximate surface area is 231 Å². The average Bonchev–Trinajstić information content (AvgIpc) is 3.28. The molecule has 1 aliphatic rings. The van der Waals surface area contributed by atoms with Crippen LogP contribution in [0.3, 0.4) is 0 Å². The van der Waals surface area contributed by atoms with Crippen LogP contribution in [0.15, 0.2) is 47.4 Å². The molecule has 14 heteroatoms. The van der Waals surface area contributed by atoms with Gasteiger partial charge in [-0.15, -0.1) is 0 Å². The van der Waals surface area contributed by atoms with Crippen LogP contribution < -0.4 is 14.2 Å². The molecule has 1 aliphatic heterocycles. The van der Waals surface area contributed by atoms with Gasteiger partial charge < -0.3 is 19.1 Å². The van der Waals surface area contributed by atoms with Gasteiger partial charge in [-0.05, 0) is 50.6 Å². The summed E-state index contributed by atoms with van der Waals surface area (Å²) in [6.07, 6.45) is 0.501. The third-order valence-electron chi connectivity index (χ3n) is 6.49. The second kappa shape index (κ2) is 12.0. The molecule has 2 aromatic carbocycles. The van der Waals surface area contributed by atoms with Crippen LogP contribution in [0.2, 0.25) is 0 Å². The van der Waals surface area contributed by atoms with Gasteiger partial charge >= 0.3 is 0 Å². The smallest absolute Gasteiger partial charge is 0.274 e. The molecule has 1 fully saturated rings. The summed E-state index contributed by atoms with van der Waals surface area (Å²) >= 11 is 0. The number of nitro groups is 1. The first-order valence-electron chi connectivity index (χ1n) is 12.7. The molecule has 1 aromatic heterocycles. The SMILES string of the molecule is CCC(C)NS(=O)(=O)c1cc([N+](=O)[O-])ccc1Oc1c(C)c(C(=O)N2CCOCC2)nn1-c1ccc(OC)cc1.